The van der Waals surface area contributed by atoms with E-state index in [9.17, 15) is 4.79 Å². The highest BCUT2D eigenvalue weighted by atomic mass is 16.1. The maximum absolute atomic E-state index is 12.0. The second-order valence-corrected chi connectivity index (χ2v) is 7.81. The van der Waals surface area contributed by atoms with Crippen LogP contribution in [-0.2, 0) is 6.54 Å². The first-order valence-corrected chi connectivity index (χ1v) is 8.51. The van der Waals surface area contributed by atoms with E-state index in [0.717, 1.165) is 24.3 Å². The Bertz CT molecular complexity index is 541. The van der Waals surface area contributed by atoms with Crippen molar-refractivity contribution >= 4 is 0 Å². The first kappa shape index (κ1) is 13.6. The lowest BCUT2D eigenvalue weighted by molar-refractivity contribution is -0.0755. The van der Waals surface area contributed by atoms with Crippen molar-refractivity contribution in [2.45, 2.75) is 51.1 Å². The molecule has 4 aliphatic rings. The summed E-state index contributed by atoms with van der Waals surface area (Å²) in [5.41, 5.74) is 0.571. The van der Waals surface area contributed by atoms with Gasteiger partial charge in [-0.15, -0.1) is 0 Å². The van der Waals surface area contributed by atoms with Crippen molar-refractivity contribution in [1.82, 2.24) is 9.88 Å². The van der Waals surface area contributed by atoms with Gasteiger partial charge in [-0.3, -0.25) is 4.79 Å². The average Bonchev–Trinajstić information content (AvgIpc) is 2.44. The number of aromatic nitrogens is 1. The molecule has 0 saturated heterocycles. The molecule has 4 saturated carbocycles. The number of hydrogen-bond donors (Lipinski definition) is 1. The topological polar surface area (TPSA) is 34.0 Å². The Hall–Kier alpha value is -1.09. The summed E-state index contributed by atoms with van der Waals surface area (Å²) in [7, 11) is 2.08. The molecule has 0 spiro atoms. The van der Waals surface area contributed by atoms with E-state index in [0.29, 0.717) is 11.5 Å². The predicted octanol–water partition coefficient (Wildman–Crippen LogP) is 2.65. The summed E-state index contributed by atoms with van der Waals surface area (Å²) in [6.07, 6.45) is 10.5. The van der Waals surface area contributed by atoms with E-state index in [4.69, 9.17) is 0 Å². The van der Waals surface area contributed by atoms with Crippen LogP contribution in [0, 0.1) is 23.2 Å². The molecule has 21 heavy (non-hydrogen) atoms. The molecular formula is C18H26N2O. The van der Waals surface area contributed by atoms with E-state index < -0.39 is 0 Å². The van der Waals surface area contributed by atoms with Crippen molar-refractivity contribution in [3.05, 3.63) is 34.7 Å². The maximum atomic E-state index is 12.0. The molecule has 0 radical (unpaired) electrons. The number of nitrogens with zero attached hydrogens (tertiary/aromatic N) is 1. The summed E-state index contributed by atoms with van der Waals surface area (Å²) < 4.78 is 1.89. The summed E-state index contributed by atoms with van der Waals surface area (Å²) >= 11 is 0. The fraction of sp³-hybridized carbons (Fsp3) is 0.722. The second-order valence-electron chi connectivity index (χ2n) is 7.81. The van der Waals surface area contributed by atoms with Crippen LogP contribution in [0.4, 0.5) is 0 Å². The Balaban J connectivity index is 1.61. The lowest BCUT2D eigenvalue weighted by Crippen LogP contribution is -2.57. The van der Waals surface area contributed by atoms with Gasteiger partial charge in [0.2, 0.25) is 0 Å². The molecule has 114 valence electrons. The summed E-state index contributed by atoms with van der Waals surface area (Å²) in [6.45, 7) is 0.822. The van der Waals surface area contributed by atoms with E-state index >= 15 is 0 Å². The summed E-state index contributed by atoms with van der Waals surface area (Å²) in [4.78, 5) is 12.0. The Morgan fingerprint density at radius 3 is 2.33 bits per heavy atom. The minimum atomic E-state index is 0.127. The molecule has 4 fully saturated rings. The fourth-order valence-electron chi connectivity index (χ4n) is 6.00. The number of rotatable bonds is 4. The Kier molecular flexibility index (Phi) is 3.21. The molecule has 1 aromatic rings. The summed E-state index contributed by atoms with van der Waals surface area (Å²) in [5.74, 6) is 2.87. The summed E-state index contributed by atoms with van der Waals surface area (Å²) in [6, 6.07) is 5.91. The van der Waals surface area contributed by atoms with Crippen molar-refractivity contribution in [1.29, 1.82) is 0 Å². The van der Waals surface area contributed by atoms with Crippen molar-refractivity contribution < 1.29 is 0 Å². The van der Waals surface area contributed by atoms with Crippen molar-refractivity contribution in [2.24, 2.45) is 23.2 Å². The van der Waals surface area contributed by atoms with Gasteiger partial charge in [0.25, 0.3) is 5.56 Å². The Labute approximate surface area is 126 Å². The third-order valence-electron chi connectivity index (χ3n) is 6.45. The third kappa shape index (κ3) is 2.26. The molecule has 5 rings (SSSR count). The van der Waals surface area contributed by atoms with Gasteiger partial charge in [0, 0.05) is 24.8 Å². The zero-order chi connectivity index (χ0) is 14.4. The lowest BCUT2D eigenvalue weighted by atomic mass is 9.47. The van der Waals surface area contributed by atoms with Crippen LogP contribution in [0.5, 0.6) is 0 Å². The molecule has 1 heterocycles. The highest BCUT2D eigenvalue weighted by Crippen LogP contribution is 2.61. The van der Waals surface area contributed by atoms with E-state index in [1.807, 2.05) is 22.9 Å². The Morgan fingerprint density at radius 2 is 1.81 bits per heavy atom. The first-order chi connectivity index (χ1) is 10.2. The molecule has 1 atom stereocenters. The molecule has 3 nitrogen and oxygen atoms in total. The zero-order valence-electron chi connectivity index (χ0n) is 12.9. The first-order valence-electron chi connectivity index (χ1n) is 8.51. The van der Waals surface area contributed by atoms with E-state index in [2.05, 4.69) is 12.4 Å². The van der Waals surface area contributed by atoms with Crippen LogP contribution in [0.3, 0.4) is 0 Å². The molecule has 4 aliphatic carbocycles. The average molecular weight is 286 g/mol. The lowest BCUT2D eigenvalue weighted by Gasteiger charge is -2.59. The minimum Gasteiger partial charge on any atom is -0.315 e. The molecule has 1 N–H and O–H groups in total. The van der Waals surface area contributed by atoms with Gasteiger partial charge in [-0.2, -0.15) is 0 Å². The predicted molar refractivity (Wildman–Crippen MR) is 84.2 cm³/mol. The standard InChI is InChI=1S/C18H26N2O/c1-19-16(12-20-5-3-2-4-17(20)21)18-9-13-6-14(10-18)8-15(7-13)11-18/h2-5,13-16,19H,6-12H2,1H3. The monoisotopic (exact) mass is 286 g/mol. The fourth-order valence-corrected chi connectivity index (χ4v) is 6.00. The van der Waals surface area contributed by atoms with Crippen LogP contribution in [0.15, 0.2) is 29.2 Å². The second kappa shape index (κ2) is 4.98. The third-order valence-corrected chi connectivity index (χ3v) is 6.45. The van der Waals surface area contributed by atoms with Gasteiger partial charge >= 0.3 is 0 Å². The largest absolute Gasteiger partial charge is 0.315 e. The Morgan fingerprint density at radius 1 is 1.19 bits per heavy atom. The maximum Gasteiger partial charge on any atom is 0.250 e. The summed E-state index contributed by atoms with van der Waals surface area (Å²) in [5, 5.41) is 3.58. The van der Waals surface area contributed by atoms with E-state index in [-0.39, 0.29) is 5.56 Å². The highest BCUT2D eigenvalue weighted by Gasteiger charge is 2.53. The normalized spacial score (nSPS) is 38.6. The van der Waals surface area contributed by atoms with Gasteiger partial charge in [0.15, 0.2) is 0 Å². The molecular weight excluding hydrogens is 260 g/mol. The van der Waals surface area contributed by atoms with E-state index in [1.54, 1.807) is 6.07 Å². The minimum absolute atomic E-state index is 0.127. The SMILES string of the molecule is CNC(Cn1ccccc1=O)C12CC3CC(CC(C3)C1)C2. The molecule has 0 aliphatic heterocycles. The molecule has 4 bridgehead atoms. The molecule has 1 unspecified atom stereocenters. The van der Waals surface area contributed by atoms with Crippen molar-refractivity contribution in [3.63, 3.8) is 0 Å². The van der Waals surface area contributed by atoms with Crippen LogP contribution in [0.25, 0.3) is 0 Å². The number of nitrogens with one attached hydrogen (secondary N) is 1. The van der Waals surface area contributed by atoms with Gasteiger partial charge in [0.05, 0.1) is 0 Å². The van der Waals surface area contributed by atoms with Crippen LogP contribution < -0.4 is 10.9 Å². The number of hydrogen-bond acceptors (Lipinski definition) is 2. The molecule has 0 amide bonds. The zero-order valence-corrected chi connectivity index (χ0v) is 12.9. The van der Waals surface area contributed by atoms with Crippen LogP contribution in [0.1, 0.15) is 38.5 Å². The van der Waals surface area contributed by atoms with Crippen LogP contribution in [0.2, 0.25) is 0 Å². The highest BCUT2D eigenvalue weighted by molar-refractivity contribution is 5.06. The molecule has 1 aromatic heterocycles. The smallest absolute Gasteiger partial charge is 0.250 e. The molecule has 0 aromatic carbocycles. The van der Waals surface area contributed by atoms with Crippen LogP contribution in [-0.4, -0.2) is 17.7 Å². The van der Waals surface area contributed by atoms with Gasteiger partial charge in [-0.25, -0.2) is 0 Å². The quantitative estimate of drug-likeness (QED) is 0.923. The van der Waals surface area contributed by atoms with E-state index in [1.165, 1.54) is 38.5 Å². The van der Waals surface area contributed by atoms with Gasteiger partial charge in [0.1, 0.15) is 0 Å². The van der Waals surface area contributed by atoms with Crippen molar-refractivity contribution in [3.8, 4) is 0 Å². The number of likely N-dealkylation sites (N-methyl/N-ethyl adjacent to an activating group) is 1. The van der Waals surface area contributed by atoms with Gasteiger partial charge < -0.3 is 9.88 Å². The van der Waals surface area contributed by atoms with Gasteiger partial charge in [-0.05, 0) is 74.8 Å². The van der Waals surface area contributed by atoms with Crippen molar-refractivity contribution in [2.75, 3.05) is 7.05 Å². The van der Waals surface area contributed by atoms with Gasteiger partial charge in [-0.1, -0.05) is 6.07 Å². The molecule has 3 heteroatoms. The number of pyridine rings is 1. The van der Waals surface area contributed by atoms with Crippen LogP contribution >= 0.6 is 0 Å².